The first-order valence-electron chi connectivity index (χ1n) is 5.44. The van der Waals surface area contributed by atoms with Crippen molar-refractivity contribution >= 4 is 16.7 Å². The van der Waals surface area contributed by atoms with Gasteiger partial charge in [0.05, 0.1) is 17.6 Å². The lowest BCUT2D eigenvalue weighted by Gasteiger charge is -2.04. The molecule has 0 spiro atoms. The summed E-state index contributed by atoms with van der Waals surface area (Å²) in [6.45, 7) is 0. The van der Waals surface area contributed by atoms with Gasteiger partial charge in [-0.15, -0.1) is 0 Å². The number of rotatable bonds is 1. The summed E-state index contributed by atoms with van der Waals surface area (Å²) in [5, 5.41) is 8.45. The number of anilines is 1. The molecule has 2 aromatic heterocycles. The smallest absolute Gasteiger partial charge is 0.155 e. The fourth-order valence-electron chi connectivity index (χ4n) is 2.45. The topological polar surface area (TPSA) is 67.6 Å². The maximum Gasteiger partial charge on any atom is 0.155 e. The normalized spacial score (nSPS) is 17.6. The van der Waals surface area contributed by atoms with Crippen molar-refractivity contribution in [2.24, 2.45) is 0 Å². The van der Waals surface area contributed by atoms with E-state index in [9.17, 15) is 0 Å². The molecule has 0 aromatic carbocycles. The van der Waals surface area contributed by atoms with Crippen LogP contribution >= 0.6 is 0 Å². The van der Waals surface area contributed by atoms with Crippen molar-refractivity contribution in [3.63, 3.8) is 0 Å². The number of fused-ring (bicyclic) bond motifs is 1. The lowest BCUT2D eigenvalue weighted by molar-refractivity contribution is 0.698. The highest BCUT2D eigenvalue weighted by Crippen LogP contribution is 2.36. The average molecular weight is 202 g/mol. The zero-order valence-electron chi connectivity index (χ0n) is 8.53. The maximum atomic E-state index is 5.75. The van der Waals surface area contributed by atoms with Crippen LogP contribution in [0.15, 0.2) is 12.3 Å². The first kappa shape index (κ1) is 8.71. The van der Waals surface area contributed by atoms with Gasteiger partial charge in [0.2, 0.25) is 0 Å². The van der Waals surface area contributed by atoms with Crippen molar-refractivity contribution in [1.29, 1.82) is 0 Å². The van der Waals surface area contributed by atoms with Crippen LogP contribution in [-0.4, -0.2) is 15.2 Å². The first-order chi connectivity index (χ1) is 7.34. The predicted molar refractivity (Wildman–Crippen MR) is 59.5 cm³/mol. The minimum absolute atomic E-state index is 0.599. The minimum atomic E-state index is 0.599. The van der Waals surface area contributed by atoms with E-state index in [0.29, 0.717) is 11.6 Å². The third-order valence-corrected chi connectivity index (χ3v) is 3.21. The summed E-state index contributed by atoms with van der Waals surface area (Å²) in [7, 11) is 0. The van der Waals surface area contributed by atoms with E-state index in [-0.39, 0.29) is 0 Å². The first-order valence-corrected chi connectivity index (χ1v) is 5.44. The number of nitrogens with two attached hydrogens (primary N) is 1. The molecule has 15 heavy (non-hydrogen) atoms. The van der Waals surface area contributed by atoms with Gasteiger partial charge in [0.1, 0.15) is 0 Å². The van der Waals surface area contributed by atoms with Gasteiger partial charge in [-0.25, -0.2) is 4.98 Å². The number of aromatic nitrogens is 3. The van der Waals surface area contributed by atoms with Crippen LogP contribution in [0, 0.1) is 0 Å². The number of nitrogens with one attached hydrogen (secondary N) is 1. The quantitative estimate of drug-likeness (QED) is 0.744. The Morgan fingerprint density at radius 2 is 2.13 bits per heavy atom. The van der Waals surface area contributed by atoms with Crippen molar-refractivity contribution in [3.05, 3.63) is 18.0 Å². The summed E-state index contributed by atoms with van der Waals surface area (Å²) in [6.07, 6.45) is 6.78. The second-order valence-corrected chi connectivity index (χ2v) is 4.26. The molecule has 0 saturated heterocycles. The number of pyridine rings is 1. The molecule has 0 atom stereocenters. The third kappa shape index (κ3) is 1.37. The van der Waals surface area contributed by atoms with Crippen LogP contribution in [-0.2, 0) is 0 Å². The van der Waals surface area contributed by atoms with Gasteiger partial charge in [-0.05, 0) is 18.9 Å². The summed E-state index contributed by atoms with van der Waals surface area (Å²) in [5.74, 6) is 0.599. The number of aromatic amines is 1. The van der Waals surface area contributed by atoms with Gasteiger partial charge in [-0.2, -0.15) is 5.10 Å². The zero-order chi connectivity index (χ0) is 10.3. The van der Waals surface area contributed by atoms with Gasteiger partial charge in [0, 0.05) is 11.3 Å². The Morgan fingerprint density at radius 3 is 2.93 bits per heavy atom. The average Bonchev–Trinajstić information content (AvgIpc) is 2.83. The molecule has 1 saturated carbocycles. The Balaban J connectivity index is 2.13. The number of hydrogen-bond acceptors (Lipinski definition) is 3. The molecule has 3 rings (SSSR count). The molecule has 2 heterocycles. The van der Waals surface area contributed by atoms with E-state index in [2.05, 4.69) is 15.2 Å². The predicted octanol–water partition coefficient (Wildman–Crippen LogP) is 2.20. The van der Waals surface area contributed by atoms with E-state index in [1.165, 1.54) is 25.7 Å². The second kappa shape index (κ2) is 3.22. The fraction of sp³-hybridized carbons (Fsp3) is 0.455. The number of hydrogen-bond donors (Lipinski definition) is 2. The molecule has 0 aliphatic heterocycles. The summed E-state index contributed by atoms with van der Waals surface area (Å²) >= 11 is 0. The standard InChI is InChI=1S/C11H14N4/c12-8-5-9-10(7-3-1-2-4-7)14-15-11(9)13-6-8/h5-7H,1-4,12H2,(H,13,14,15). The molecular weight excluding hydrogens is 188 g/mol. The zero-order valence-corrected chi connectivity index (χ0v) is 8.53. The highest BCUT2D eigenvalue weighted by Gasteiger charge is 2.21. The molecule has 0 bridgehead atoms. The molecule has 2 aromatic rings. The molecule has 1 fully saturated rings. The molecule has 1 aliphatic carbocycles. The van der Waals surface area contributed by atoms with Crippen LogP contribution in [0.25, 0.3) is 11.0 Å². The molecular formula is C11H14N4. The molecule has 3 N–H and O–H groups in total. The van der Waals surface area contributed by atoms with E-state index in [0.717, 1.165) is 16.7 Å². The van der Waals surface area contributed by atoms with Gasteiger partial charge in [-0.3, -0.25) is 5.10 Å². The number of nitrogens with zero attached hydrogens (tertiary/aromatic N) is 2. The molecule has 0 amide bonds. The SMILES string of the molecule is Nc1cnc2[nH]nc(C3CCCC3)c2c1. The van der Waals surface area contributed by atoms with Gasteiger partial charge in [0.25, 0.3) is 0 Å². The molecule has 4 heteroatoms. The Hall–Kier alpha value is -1.58. The Labute approximate surface area is 87.9 Å². The summed E-state index contributed by atoms with van der Waals surface area (Å²) in [5.41, 5.74) is 8.47. The summed E-state index contributed by atoms with van der Waals surface area (Å²) < 4.78 is 0. The van der Waals surface area contributed by atoms with Crippen LogP contribution in [0.1, 0.15) is 37.3 Å². The monoisotopic (exact) mass is 202 g/mol. The summed E-state index contributed by atoms with van der Waals surface area (Å²) in [4.78, 5) is 4.23. The molecule has 4 nitrogen and oxygen atoms in total. The van der Waals surface area contributed by atoms with Crippen LogP contribution in [0.3, 0.4) is 0 Å². The number of nitrogen functional groups attached to an aromatic ring is 1. The van der Waals surface area contributed by atoms with E-state index >= 15 is 0 Å². The van der Waals surface area contributed by atoms with Crippen molar-refractivity contribution < 1.29 is 0 Å². The van der Waals surface area contributed by atoms with Crippen LogP contribution in [0.5, 0.6) is 0 Å². The Kier molecular flexibility index (Phi) is 1.87. The van der Waals surface area contributed by atoms with E-state index in [1.807, 2.05) is 6.07 Å². The minimum Gasteiger partial charge on any atom is -0.397 e. The highest BCUT2D eigenvalue weighted by atomic mass is 15.1. The molecule has 1 aliphatic rings. The van der Waals surface area contributed by atoms with E-state index in [1.54, 1.807) is 6.20 Å². The third-order valence-electron chi connectivity index (χ3n) is 3.21. The van der Waals surface area contributed by atoms with Crippen LogP contribution < -0.4 is 5.73 Å². The van der Waals surface area contributed by atoms with Crippen molar-refractivity contribution in [2.75, 3.05) is 5.73 Å². The molecule has 78 valence electrons. The van der Waals surface area contributed by atoms with Gasteiger partial charge >= 0.3 is 0 Å². The lowest BCUT2D eigenvalue weighted by Crippen LogP contribution is -1.93. The van der Waals surface area contributed by atoms with Crippen LogP contribution in [0.2, 0.25) is 0 Å². The Morgan fingerprint density at radius 1 is 1.33 bits per heavy atom. The number of H-pyrrole nitrogens is 1. The van der Waals surface area contributed by atoms with Crippen molar-refractivity contribution in [3.8, 4) is 0 Å². The largest absolute Gasteiger partial charge is 0.397 e. The second-order valence-electron chi connectivity index (χ2n) is 4.26. The van der Waals surface area contributed by atoms with Gasteiger partial charge < -0.3 is 5.73 Å². The fourth-order valence-corrected chi connectivity index (χ4v) is 2.45. The maximum absolute atomic E-state index is 5.75. The highest BCUT2D eigenvalue weighted by molar-refractivity contribution is 5.81. The molecule has 0 radical (unpaired) electrons. The van der Waals surface area contributed by atoms with Crippen LogP contribution in [0.4, 0.5) is 5.69 Å². The van der Waals surface area contributed by atoms with Crippen molar-refractivity contribution in [2.45, 2.75) is 31.6 Å². The van der Waals surface area contributed by atoms with Gasteiger partial charge in [0.15, 0.2) is 5.65 Å². The Bertz CT molecular complexity index is 482. The molecule has 0 unspecified atom stereocenters. The van der Waals surface area contributed by atoms with Crippen molar-refractivity contribution in [1.82, 2.24) is 15.2 Å². The lowest BCUT2D eigenvalue weighted by atomic mass is 10.0. The van der Waals surface area contributed by atoms with E-state index < -0.39 is 0 Å². The van der Waals surface area contributed by atoms with E-state index in [4.69, 9.17) is 5.73 Å². The summed E-state index contributed by atoms with van der Waals surface area (Å²) in [6, 6.07) is 1.97. The van der Waals surface area contributed by atoms with Gasteiger partial charge in [-0.1, -0.05) is 12.8 Å².